The molecule has 1 unspecified atom stereocenters. The molecule has 1 fully saturated rings. The summed E-state index contributed by atoms with van der Waals surface area (Å²) in [5, 5.41) is 9.14. The number of thiocarbonyl (C=S) groups is 1. The SMILES string of the molecule is CON=C(C(=O)CCl)C(=O)NC1C(=O)N2C(C(=O)OC(c3ccccc3)c3ccccc3)=C(C(=S)c3cnns3)CS[C@@H]12. The summed E-state index contributed by atoms with van der Waals surface area (Å²) >= 11 is 13.7. The first-order valence-corrected chi connectivity index (χ1v) is 15.4. The average Bonchev–Trinajstić information content (AvgIpc) is 3.59. The van der Waals surface area contributed by atoms with Gasteiger partial charge in [0.25, 0.3) is 11.8 Å². The highest BCUT2D eigenvalue weighted by molar-refractivity contribution is 8.00. The summed E-state index contributed by atoms with van der Waals surface area (Å²) in [7, 11) is 1.17. The summed E-state index contributed by atoms with van der Waals surface area (Å²) in [5.74, 6) is -3.34. The maximum absolute atomic E-state index is 14.1. The van der Waals surface area contributed by atoms with E-state index in [0.717, 1.165) is 22.7 Å². The lowest BCUT2D eigenvalue weighted by Crippen LogP contribution is -2.71. The van der Waals surface area contributed by atoms with Crippen LogP contribution in [0.15, 0.2) is 83.3 Å². The zero-order valence-electron chi connectivity index (χ0n) is 22.3. The molecule has 3 aromatic rings. The maximum atomic E-state index is 14.1. The van der Waals surface area contributed by atoms with E-state index in [1.54, 1.807) is 0 Å². The molecule has 2 amide bonds. The van der Waals surface area contributed by atoms with E-state index in [2.05, 4.69) is 24.9 Å². The van der Waals surface area contributed by atoms with E-state index in [0.29, 0.717) is 15.3 Å². The topological polar surface area (TPSA) is 140 Å². The minimum absolute atomic E-state index is 0.0304. The highest BCUT2D eigenvalue weighted by atomic mass is 35.5. The molecule has 0 aliphatic carbocycles. The summed E-state index contributed by atoms with van der Waals surface area (Å²) in [5.41, 5.74) is 1.26. The fourth-order valence-electron chi connectivity index (χ4n) is 4.53. The van der Waals surface area contributed by atoms with Crippen molar-refractivity contribution in [3.05, 3.63) is 94.1 Å². The first-order chi connectivity index (χ1) is 20.8. The zero-order valence-corrected chi connectivity index (χ0v) is 25.5. The number of benzene rings is 2. The number of carbonyl (C=O) groups is 4. The van der Waals surface area contributed by atoms with Gasteiger partial charge in [-0.25, -0.2) is 4.79 Å². The third-order valence-corrected chi connectivity index (χ3v) is 9.32. The molecule has 2 aliphatic rings. The van der Waals surface area contributed by atoms with Gasteiger partial charge in [0.1, 0.15) is 24.2 Å². The Balaban J connectivity index is 1.48. The number of rotatable bonds is 11. The molecule has 0 spiro atoms. The Morgan fingerprint density at radius 1 is 1.14 bits per heavy atom. The molecular weight excluding hydrogens is 634 g/mol. The Morgan fingerprint density at radius 3 is 2.35 bits per heavy atom. The molecule has 0 bridgehead atoms. The second kappa shape index (κ2) is 13.5. The van der Waals surface area contributed by atoms with E-state index in [9.17, 15) is 19.2 Å². The van der Waals surface area contributed by atoms with Gasteiger partial charge in [-0.05, 0) is 22.7 Å². The molecule has 1 aromatic heterocycles. The molecule has 5 rings (SSSR count). The fourth-order valence-corrected chi connectivity index (χ4v) is 6.92. The van der Waals surface area contributed by atoms with Crippen molar-refractivity contribution >= 4 is 81.3 Å². The molecule has 2 aromatic carbocycles. The lowest BCUT2D eigenvalue weighted by atomic mass is 9.99. The van der Waals surface area contributed by atoms with E-state index >= 15 is 0 Å². The van der Waals surface area contributed by atoms with Crippen molar-refractivity contribution in [1.82, 2.24) is 19.8 Å². The van der Waals surface area contributed by atoms with Crippen LogP contribution in [0, 0.1) is 0 Å². The number of carbonyl (C=O) groups excluding carboxylic acids is 4. The van der Waals surface area contributed by atoms with Crippen molar-refractivity contribution in [1.29, 1.82) is 0 Å². The van der Waals surface area contributed by atoms with Gasteiger partial charge in [-0.2, -0.15) is 0 Å². The molecule has 2 atom stereocenters. The fraction of sp³-hybridized carbons (Fsp3) is 0.214. The van der Waals surface area contributed by atoms with Gasteiger partial charge in [0.2, 0.25) is 11.5 Å². The minimum Gasteiger partial charge on any atom is -0.448 e. The number of alkyl halides is 1. The Hall–Kier alpha value is -3.98. The molecule has 43 heavy (non-hydrogen) atoms. The number of amides is 2. The minimum atomic E-state index is -1.07. The number of ketones is 1. The number of ether oxygens (including phenoxy) is 1. The number of Topliss-reactive ketones (excluding diaryl/α,β-unsaturated/α-hetero) is 1. The maximum Gasteiger partial charge on any atom is 0.356 e. The Kier molecular flexibility index (Phi) is 9.60. The molecule has 2 aliphatic heterocycles. The van der Waals surface area contributed by atoms with Gasteiger partial charge in [0, 0.05) is 11.3 Å². The first kappa shape index (κ1) is 30.5. The summed E-state index contributed by atoms with van der Waals surface area (Å²) in [6.07, 6.45) is 0.707. The zero-order chi connectivity index (χ0) is 30.5. The molecule has 11 nitrogen and oxygen atoms in total. The highest BCUT2D eigenvalue weighted by Gasteiger charge is 2.55. The van der Waals surface area contributed by atoms with E-state index in [4.69, 9.17) is 28.6 Å². The number of nitrogens with zero attached hydrogens (tertiary/aromatic N) is 4. The molecular formula is C28H22ClN5O6S3. The van der Waals surface area contributed by atoms with Crippen LogP contribution in [0.3, 0.4) is 0 Å². The largest absolute Gasteiger partial charge is 0.448 e. The number of nitrogens with one attached hydrogen (secondary N) is 1. The third kappa shape index (κ3) is 6.22. The molecule has 3 heterocycles. The first-order valence-electron chi connectivity index (χ1n) is 12.7. The summed E-state index contributed by atoms with van der Waals surface area (Å²) < 4.78 is 9.99. The molecule has 1 saturated heterocycles. The number of thioether (sulfide) groups is 1. The van der Waals surface area contributed by atoms with Gasteiger partial charge in [-0.3, -0.25) is 19.3 Å². The second-order valence-corrected chi connectivity index (χ2v) is 11.7. The average molecular weight is 656 g/mol. The van der Waals surface area contributed by atoms with Crippen LogP contribution in [0.25, 0.3) is 0 Å². The van der Waals surface area contributed by atoms with Crippen molar-refractivity contribution < 1.29 is 28.8 Å². The lowest BCUT2D eigenvalue weighted by Gasteiger charge is -2.49. The number of hydrogen-bond acceptors (Lipinski definition) is 12. The number of oxime groups is 1. The smallest absolute Gasteiger partial charge is 0.356 e. The Labute approximate surface area is 264 Å². The van der Waals surface area contributed by atoms with E-state index in [-0.39, 0.29) is 11.4 Å². The van der Waals surface area contributed by atoms with Crippen LogP contribution in [0.1, 0.15) is 22.1 Å². The molecule has 0 saturated carbocycles. The van der Waals surface area contributed by atoms with Crippen molar-refractivity contribution in [2.45, 2.75) is 17.5 Å². The van der Waals surface area contributed by atoms with Crippen molar-refractivity contribution in [2.75, 3.05) is 18.7 Å². The van der Waals surface area contributed by atoms with Gasteiger partial charge in [-0.15, -0.1) is 28.5 Å². The number of esters is 1. The van der Waals surface area contributed by atoms with Gasteiger partial charge in [0.15, 0.2) is 6.10 Å². The van der Waals surface area contributed by atoms with Gasteiger partial charge >= 0.3 is 5.97 Å². The van der Waals surface area contributed by atoms with Gasteiger partial charge < -0.3 is 14.9 Å². The predicted octanol–water partition coefficient (Wildman–Crippen LogP) is 3.05. The predicted molar refractivity (Wildman–Crippen MR) is 165 cm³/mol. The molecule has 1 N–H and O–H groups in total. The summed E-state index contributed by atoms with van der Waals surface area (Å²) in [4.78, 5) is 59.3. The van der Waals surface area contributed by atoms with Crippen LogP contribution in [0.2, 0.25) is 0 Å². The monoisotopic (exact) mass is 655 g/mol. The van der Waals surface area contributed by atoms with Crippen molar-refractivity contribution in [3.8, 4) is 0 Å². The number of hydrogen-bond donors (Lipinski definition) is 1. The standard InChI is InChI=1S/C28H22ClN5O6S3/c1-39-32-20(18(35)12-29)25(36)31-21-26(37)34-22(17(14-42-27(21)34)24(41)19-13-30-33-43-19)28(38)40-23(15-8-4-2-5-9-15)16-10-6-3-7-11-16/h2-11,13,21,23,27H,12,14H2,1H3,(H,31,36)/t21?,27-/m0/s1. The van der Waals surface area contributed by atoms with Crippen LogP contribution in [-0.4, -0.2) is 78.8 Å². The van der Waals surface area contributed by atoms with Crippen LogP contribution in [-0.2, 0) is 28.8 Å². The highest BCUT2D eigenvalue weighted by Crippen LogP contribution is 2.42. The van der Waals surface area contributed by atoms with Crippen molar-refractivity contribution in [3.63, 3.8) is 0 Å². The van der Waals surface area contributed by atoms with Crippen molar-refractivity contribution in [2.24, 2.45) is 5.16 Å². The molecule has 0 radical (unpaired) electrons. The Bertz CT molecular complexity index is 1580. The Morgan fingerprint density at radius 2 is 1.79 bits per heavy atom. The number of fused-ring (bicyclic) bond motifs is 1. The van der Waals surface area contributed by atoms with E-state index in [1.165, 1.54) is 30.0 Å². The normalized spacial score (nSPS) is 18.1. The van der Waals surface area contributed by atoms with Gasteiger partial charge in [-0.1, -0.05) is 82.5 Å². The second-order valence-electron chi connectivity index (χ2n) is 9.08. The van der Waals surface area contributed by atoms with E-state index in [1.807, 2.05) is 60.7 Å². The number of halogens is 1. The van der Waals surface area contributed by atoms with Crippen LogP contribution in [0.5, 0.6) is 0 Å². The third-order valence-electron chi connectivity index (χ3n) is 6.52. The van der Waals surface area contributed by atoms with Crippen LogP contribution in [0.4, 0.5) is 0 Å². The quantitative estimate of drug-likeness (QED) is 0.0479. The number of β-lactam (4-membered cyclic amide) rings is 1. The van der Waals surface area contributed by atoms with Crippen LogP contribution >= 0.6 is 47.1 Å². The molecule has 15 heteroatoms. The molecule has 220 valence electrons. The summed E-state index contributed by atoms with van der Waals surface area (Å²) in [6.45, 7) is 0. The number of aromatic nitrogens is 2. The van der Waals surface area contributed by atoms with Crippen LogP contribution < -0.4 is 5.32 Å². The van der Waals surface area contributed by atoms with E-state index < -0.39 is 52.7 Å². The van der Waals surface area contributed by atoms with Gasteiger partial charge in [0.05, 0.1) is 21.8 Å². The lowest BCUT2D eigenvalue weighted by molar-refractivity contribution is -0.154. The summed E-state index contributed by atoms with van der Waals surface area (Å²) in [6, 6.07) is 17.4.